The quantitative estimate of drug-likeness (QED) is 0.445. The summed E-state index contributed by atoms with van der Waals surface area (Å²) in [7, 11) is 0. The smallest absolute Gasteiger partial charge is 0.190 e. The Bertz CT molecular complexity index is 728. The first-order valence-corrected chi connectivity index (χ1v) is 7.58. The summed E-state index contributed by atoms with van der Waals surface area (Å²) in [6, 6.07) is 0. The molecule has 4 aromatic heterocycles. The zero-order chi connectivity index (χ0) is 16.8. The minimum absolute atomic E-state index is 0.644. The highest BCUT2D eigenvalue weighted by molar-refractivity contribution is 7.80. The second-order valence-electron chi connectivity index (χ2n) is 4.44. The number of imidazole rings is 4. The lowest BCUT2D eigenvalue weighted by molar-refractivity contribution is 1.03. The van der Waals surface area contributed by atoms with Gasteiger partial charge in [-0.1, -0.05) is 0 Å². The van der Waals surface area contributed by atoms with Crippen LogP contribution in [0.2, 0.25) is 0 Å². The summed E-state index contributed by atoms with van der Waals surface area (Å²) in [5.74, 6) is 0. The Balaban J connectivity index is 0.000000141. The van der Waals surface area contributed by atoms with Gasteiger partial charge in [0.05, 0.1) is 0 Å². The van der Waals surface area contributed by atoms with E-state index in [9.17, 15) is 0 Å². The van der Waals surface area contributed by atoms with Gasteiger partial charge in [0.15, 0.2) is 10.2 Å². The molecule has 0 saturated carbocycles. The Morgan fingerprint density at radius 1 is 0.500 bits per heavy atom. The van der Waals surface area contributed by atoms with Gasteiger partial charge >= 0.3 is 0 Å². The van der Waals surface area contributed by atoms with Crippen molar-refractivity contribution in [2.24, 2.45) is 0 Å². The average molecular weight is 356 g/mol. The molecule has 4 rings (SSSR count). The van der Waals surface area contributed by atoms with Gasteiger partial charge in [-0.3, -0.25) is 18.3 Å². The molecule has 0 unspecified atom stereocenters. The molecule has 0 saturated heterocycles. The Morgan fingerprint density at radius 3 is 0.917 bits per heavy atom. The van der Waals surface area contributed by atoms with Crippen LogP contribution in [-0.2, 0) is 0 Å². The van der Waals surface area contributed by atoms with Gasteiger partial charge in [0.1, 0.15) is 25.3 Å². The molecule has 0 N–H and O–H groups in total. The number of hydrogen-bond donors (Lipinski definition) is 0. The summed E-state index contributed by atoms with van der Waals surface area (Å²) in [5, 5.41) is 1.29. The van der Waals surface area contributed by atoms with Crippen LogP contribution in [0.25, 0.3) is 0 Å². The van der Waals surface area contributed by atoms with E-state index in [1.807, 2.05) is 0 Å². The lowest BCUT2D eigenvalue weighted by Crippen LogP contribution is -2.15. The molecule has 0 aliphatic rings. The minimum Gasteiger partial charge on any atom is -0.282 e. The summed E-state index contributed by atoms with van der Waals surface area (Å²) in [4.78, 5) is 15.6. The fourth-order valence-electron chi connectivity index (χ4n) is 1.76. The fraction of sp³-hybridized carbons (Fsp3) is 0. The van der Waals surface area contributed by atoms with Crippen LogP contribution < -0.4 is 0 Å². The molecule has 0 radical (unpaired) electrons. The molecule has 8 nitrogen and oxygen atoms in total. The predicted octanol–water partition coefficient (Wildman–Crippen LogP) is 1.52. The van der Waals surface area contributed by atoms with Crippen molar-refractivity contribution in [3.05, 3.63) is 74.9 Å². The van der Waals surface area contributed by atoms with E-state index in [4.69, 9.17) is 24.4 Å². The fourth-order valence-corrected chi connectivity index (χ4v) is 2.19. The first kappa shape index (κ1) is 15.9. The molecule has 120 valence electrons. The van der Waals surface area contributed by atoms with Crippen LogP contribution in [0.15, 0.2) is 74.9 Å². The van der Waals surface area contributed by atoms with Crippen LogP contribution in [0.3, 0.4) is 0 Å². The molecular weight excluding hydrogens is 344 g/mol. The molecule has 0 aliphatic heterocycles. The number of hydrogen-bond acceptors (Lipinski definition) is 6. The van der Waals surface area contributed by atoms with E-state index in [2.05, 4.69) is 19.9 Å². The van der Waals surface area contributed by atoms with Gasteiger partial charge in [0.2, 0.25) is 0 Å². The van der Waals surface area contributed by atoms with Crippen molar-refractivity contribution in [1.82, 2.24) is 38.2 Å². The van der Waals surface area contributed by atoms with Crippen molar-refractivity contribution in [1.29, 1.82) is 0 Å². The molecule has 0 spiro atoms. The van der Waals surface area contributed by atoms with Crippen molar-refractivity contribution in [2.45, 2.75) is 0 Å². The normalized spacial score (nSPS) is 10.0. The highest BCUT2D eigenvalue weighted by Gasteiger charge is 2.00. The third-order valence-corrected chi connectivity index (χ3v) is 3.74. The summed E-state index contributed by atoms with van der Waals surface area (Å²) in [5.41, 5.74) is 0. The van der Waals surface area contributed by atoms with E-state index >= 15 is 0 Å². The van der Waals surface area contributed by atoms with Gasteiger partial charge in [0, 0.05) is 49.6 Å². The Labute approximate surface area is 148 Å². The van der Waals surface area contributed by atoms with Crippen LogP contribution in [0.5, 0.6) is 0 Å². The molecule has 0 amide bonds. The van der Waals surface area contributed by atoms with Gasteiger partial charge in [0.25, 0.3) is 0 Å². The van der Waals surface area contributed by atoms with Crippen LogP contribution in [0.4, 0.5) is 0 Å². The maximum Gasteiger partial charge on any atom is 0.190 e. The molecule has 0 fully saturated rings. The van der Waals surface area contributed by atoms with E-state index in [0.29, 0.717) is 10.2 Å². The SMILES string of the molecule is S=C(n1ccnc1)n1ccnc1.S=C(n1ccnc1)n1ccnc1. The lowest BCUT2D eigenvalue weighted by atomic mass is 10.8. The van der Waals surface area contributed by atoms with Crippen molar-refractivity contribution in [3.63, 3.8) is 0 Å². The van der Waals surface area contributed by atoms with Crippen LogP contribution >= 0.6 is 24.4 Å². The first-order valence-electron chi connectivity index (χ1n) is 6.77. The molecule has 0 aromatic carbocycles. The van der Waals surface area contributed by atoms with Gasteiger partial charge in [-0.15, -0.1) is 0 Å². The second kappa shape index (κ2) is 7.53. The zero-order valence-corrected chi connectivity index (χ0v) is 14.0. The van der Waals surface area contributed by atoms with Crippen molar-refractivity contribution in [2.75, 3.05) is 0 Å². The molecule has 0 atom stereocenters. The number of aromatic nitrogens is 8. The van der Waals surface area contributed by atoms with Gasteiger partial charge < -0.3 is 0 Å². The average Bonchev–Trinajstić information content (AvgIpc) is 3.43. The van der Waals surface area contributed by atoms with Crippen LogP contribution in [0, 0.1) is 0 Å². The van der Waals surface area contributed by atoms with Gasteiger partial charge in [-0.25, -0.2) is 19.9 Å². The van der Waals surface area contributed by atoms with Crippen LogP contribution in [0.1, 0.15) is 0 Å². The van der Waals surface area contributed by atoms with Crippen molar-refractivity contribution in [3.8, 4) is 0 Å². The topological polar surface area (TPSA) is 71.3 Å². The van der Waals surface area contributed by atoms with Crippen LogP contribution in [-0.4, -0.2) is 48.4 Å². The molecule has 0 bridgehead atoms. The highest BCUT2D eigenvalue weighted by atomic mass is 32.1. The summed E-state index contributed by atoms with van der Waals surface area (Å²) in [6.45, 7) is 0. The van der Waals surface area contributed by atoms with E-state index in [0.717, 1.165) is 0 Å². The molecule has 10 heteroatoms. The zero-order valence-electron chi connectivity index (χ0n) is 12.3. The minimum atomic E-state index is 0.644. The molecule has 24 heavy (non-hydrogen) atoms. The van der Waals surface area contributed by atoms with E-state index in [1.165, 1.54) is 0 Å². The molecule has 4 aromatic rings. The third kappa shape index (κ3) is 3.67. The largest absolute Gasteiger partial charge is 0.282 e. The number of thiocarbonyl (C=S) groups is 2. The number of nitrogens with zero attached hydrogens (tertiary/aromatic N) is 8. The summed E-state index contributed by atoms with van der Waals surface area (Å²) < 4.78 is 6.99. The van der Waals surface area contributed by atoms with Crippen molar-refractivity contribution >= 4 is 34.7 Å². The first-order chi connectivity index (χ1) is 11.8. The Kier molecular flexibility index (Phi) is 4.99. The lowest BCUT2D eigenvalue weighted by Gasteiger charge is -2.02. The maximum absolute atomic E-state index is 5.14. The van der Waals surface area contributed by atoms with Crippen molar-refractivity contribution < 1.29 is 0 Å². The highest BCUT2D eigenvalue weighted by Crippen LogP contribution is 1.93. The van der Waals surface area contributed by atoms with E-state index < -0.39 is 0 Å². The number of rotatable bonds is 0. The van der Waals surface area contributed by atoms with Gasteiger partial charge in [-0.05, 0) is 24.4 Å². The monoisotopic (exact) mass is 356 g/mol. The Hall–Kier alpha value is -2.98. The summed E-state index contributed by atoms with van der Waals surface area (Å²) in [6.07, 6.45) is 20.5. The summed E-state index contributed by atoms with van der Waals surface area (Å²) >= 11 is 10.3. The third-order valence-electron chi connectivity index (χ3n) is 2.90. The Morgan fingerprint density at radius 2 is 0.750 bits per heavy atom. The van der Waals surface area contributed by atoms with E-state index in [1.54, 1.807) is 93.2 Å². The predicted molar refractivity (Wildman–Crippen MR) is 95.7 cm³/mol. The molecule has 4 heterocycles. The van der Waals surface area contributed by atoms with Gasteiger partial charge in [-0.2, -0.15) is 0 Å². The van der Waals surface area contributed by atoms with E-state index in [-0.39, 0.29) is 0 Å². The standard InChI is InChI=1S/2C7H6N4S/c2*12-7(10-3-1-8-5-10)11-4-2-9-6-11/h2*1-6H. The molecule has 0 aliphatic carbocycles. The molecular formula is C14H12N8S2. The maximum atomic E-state index is 5.14. The second-order valence-corrected chi connectivity index (χ2v) is 5.18.